The number of rotatable bonds is 10. The molecule has 0 aliphatic carbocycles. The number of amides is 1. The minimum absolute atomic E-state index is 0.000943. The zero-order valence-corrected chi connectivity index (χ0v) is 23.2. The molecule has 3 aromatic carbocycles. The summed E-state index contributed by atoms with van der Waals surface area (Å²) in [5.74, 6) is 0.426. The Kier molecular flexibility index (Phi) is 8.72. The second kappa shape index (κ2) is 12.2. The lowest BCUT2D eigenvalue weighted by Gasteiger charge is -2.26. The summed E-state index contributed by atoms with van der Waals surface area (Å²) >= 11 is 0. The summed E-state index contributed by atoms with van der Waals surface area (Å²) in [4.78, 5) is 30.3. The first-order valence-electron chi connectivity index (χ1n) is 13.2. The van der Waals surface area contributed by atoms with Gasteiger partial charge in [-0.05, 0) is 101 Å². The Hall–Kier alpha value is -4.10. The summed E-state index contributed by atoms with van der Waals surface area (Å²) in [6.07, 6.45) is 0.679. The van der Waals surface area contributed by atoms with Crippen LogP contribution < -0.4 is 9.47 Å². The maximum Gasteiger partial charge on any atom is 0.295 e. The van der Waals surface area contributed by atoms with E-state index in [-0.39, 0.29) is 17.4 Å². The predicted octanol–water partition coefficient (Wildman–Crippen LogP) is 5.95. The lowest BCUT2D eigenvalue weighted by molar-refractivity contribution is -0.139. The molecular weight excluding hydrogens is 492 g/mol. The predicted molar refractivity (Wildman–Crippen MR) is 152 cm³/mol. The molecule has 4 rings (SSSR count). The summed E-state index contributed by atoms with van der Waals surface area (Å²) in [7, 11) is 3.93. The van der Waals surface area contributed by atoms with E-state index < -0.39 is 17.7 Å². The van der Waals surface area contributed by atoms with E-state index in [1.54, 1.807) is 23.1 Å². The van der Waals surface area contributed by atoms with Crippen molar-refractivity contribution >= 4 is 17.4 Å². The molecule has 0 bridgehead atoms. The fraction of sp³-hybridized carbons (Fsp3) is 0.312. The average molecular weight is 529 g/mol. The number of ketones is 1. The molecule has 1 saturated heterocycles. The molecule has 0 unspecified atom stereocenters. The van der Waals surface area contributed by atoms with Gasteiger partial charge in [0.25, 0.3) is 11.7 Å². The molecule has 1 aliphatic heterocycles. The Morgan fingerprint density at radius 1 is 0.974 bits per heavy atom. The molecular formula is C32H36N2O5. The van der Waals surface area contributed by atoms with Crippen molar-refractivity contribution in [3.63, 3.8) is 0 Å². The van der Waals surface area contributed by atoms with E-state index in [9.17, 15) is 14.7 Å². The molecule has 39 heavy (non-hydrogen) atoms. The van der Waals surface area contributed by atoms with Crippen LogP contribution in [0, 0.1) is 6.92 Å². The number of Topliss-reactive ketones (excluding diaryl/α,β-unsaturated/α-hetero) is 1. The lowest BCUT2D eigenvalue weighted by atomic mass is 9.94. The molecule has 0 spiro atoms. The van der Waals surface area contributed by atoms with E-state index in [1.807, 2.05) is 94.4 Å². The Bertz CT molecular complexity index is 1360. The zero-order chi connectivity index (χ0) is 28.1. The number of aryl methyl sites for hydroxylation is 1. The summed E-state index contributed by atoms with van der Waals surface area (Å²) < 4.78 is 11.9. The van der Waals surface area contributed by atoms with Crippen molar-refractivity contribution in [2.45, 2.75) is 39.3 Å². The number of para-hydroxylation sites is 1. The van der Waals surface area contributed by atoms with Crippen LogP contribution in [0.4, 0.5) is 0 Å². The van der Waals surface area contributed by atoms with Gasteiger partial charge in [0.05, 0.1) is 17.7 Å². The monoisotopic (exact) mass is 528 g/mol. The van der Waals surface area contributed by atoms with Gasteiger partial charge in [0.15, 0.2) is 0 Å². The van der Waals surface area contributed by atoms with Gasteiger partial charge in [0.1, 0.15) is 23.0 Å². The van der Waals surface area contributed by atoms with Gasteiger partial charge in [-0.15, -0.1) is 0 Å². The van der Waals surface area contributed by atoms with Crippen LogP contribution in [0.25, 0.3) is 5.76 Å². The van der Waals surface area contributed by atoms with E-state index in [0.29, 0.717) is 41.3 Å². The zero-order valence-electron chi connectivity index (χ0n) is 23.2. The third-order valence-corrected chi connectivity index (χ3v) is 6.51. The smallest absolute Gasteiger partial charge is 0.295 e. The second-order valence-electron chi connectivity index (χ2n) is 10.3. The maximum absolute atomic E-state index is 13.4. The Balaban J connectivity index is 1.77. The number of nitrogens with zero attached hydrogens (tertiary/aromatic N) is 2. The van der Waals surface area contributed by atoms with Crippen LogP contribution in [0.1, 0.15) is 43.0 Å². The fourth-order valence-corrected chi connectivity index (χ4v) is 4.73. The average Bonchev–Trinajstić information content (AvgIpc) is 3.15. The number of carbonyl (C=O) groups is 2. The van der Waals surface area contributed by atoms with Crippen LogP contribution in [0.2, 0.25) is 0 Å². The van der Waals surface area contributed by atoms with E-state index >= 15 is 0 Å². The van der Waals surface area contributed by atoms with Crippen molar-refractivity contribution in [1.29, 1.82) is 0 Å². The highest BCUT2D eigenvalue weighted by Crippen LogP contribution is 2.41. The number of aliphatic hydroxyl groups excluding tert-OH is 1. The molecule has 3 aromatic rings. The van der Waals surface area contributed by atoms with Gasteiger partial charge in [-0.2, -0.15) is 0 Å². The normalized spacial score (nSPS) is 16.8. The van der Waals surface area contributed by atoms with Crippen molar-refractivity contribution in [1.82, 2.24) is 9.80 Å². The molecule has 0 saturated carbocycles. The highest BCUT2D eigenvalue weighted by atomic mass is 16.5. The first-order valence-corrected chi connectivity index (χ1v) is 13.2. The number of hydrogen-bond donors (Lipinski definition) is 1. The molecule has 1 amide bonds. The van der Waals surface area contributed by atoms with Crippen LogP contribution in [-0.2, 0) is 9.59 Å². The minimum Gasteiger partial charge on any atom is -0.507 e. The van der Waals surface area contributed by atoms with Gasteiger partial charge >= 0.3 is 0 Å². The maximum atomic E-state index is 13.4. The molecule has 1 fully saturated rings. The Morgan fingerprint density at radius 2 is 1.69 bits per heavy atom. The van der Waals surface area contributed by atoms with Gasteiger partial charge in [0.2, 0.25) is 0 Å². The van der Waals surface area contributed by atoms with Gasteiger partial charge in [-0.3, -0.25) is 9.59 Å². The molecule has 7 heteroatoms. The standard InChI is InChI=1S/C32H36N2O5/c1-21(2)38-27-16-15-24(19-22(27)3)30(35)28-29(34(32(37)31(28)36)18-10-17-33(4)5)23-11-9-14-26(20-23)39-25-12-7-6-8-13-25/h6-9,11-16,19-21,29,35H,10,17-18H2,1-5H3/t29-/m0/s1. The van der Waals surface area contributed by atoms with Gasteiger partial charge in [0, 0.05) is 12.1 Å². The number of benzene rings is 3. The van der Waals surface area contributed by atoms with Gasteiger partial charge in [-0.25, -0.2) is 0 Å². The van der Waals surface area contributed by atoms with E-state index in [4.69, 9.17) is 9.47 Å². The second-order valence-corrected chi connectivity index (χ2v) is 10.3. The first-order chi connectivity index (χ1) is 18.7. The quantitative estimate of drug-likeness (QED) is 0.199. The van der Waals surface area contributed by atoms with Crippen molar-refractivity contribution in [2.24, 2.45) is 0 Å². The van der Waals surface area contributed by atoms with Crippen molar-refractivity contribution in [3.05, 3.63) is 95.1 Å². The molecule has 1 aliphatic rings. The molecule has 1 N–H and O–H groups in total. The number of carbonyl (C=O) groups excluding carboxylic acids is 2. The van der Waals surface area contributed by atoms with Crippen molar-refractivity contribution in [2.75, 3.05) is 27.2 Å². The summed E-state index contributed by atoms with van der Waals surface area (Å²) in [5.41, 5.74) is 2.03. The van der Waals surface area contributed by atoms with Crippen LogP contribution in [0.5, 0.6) is 17.2 Å². The van der Waals surface area contributed by atoms with E-state index in [0.717, 1.165) is 12.1 Å². The highest BCUT2D eigenvalue weighted by Gasteiger charge is 2.46. The number of likely N-dealkylation sites (tertiary alicyclic amines) is 1. The number of aliphatic hydroxyl groups is 1. The van der Waals surface area contributed by atoms with Crippen LogP contribution >= 0.6 is 0 Å². The molecule has 0 aromatic heterocycles. The summed E-state index contributed by atoms with van der Waals surface area (Å²) in [5, 5.41) is 11.5. The summed E-state index contributed by atoms with van der Waals surface area (Å²) in [6.45, 7) is 6.90. The first kappa shape index (κ1) is 27.9. The van der Waals surface area contributed by atoms with Crippen LogP contribution in [-0.4, -0.2) is 59.9 Å². The molecule has 1 heterocycles. The largest absolute Gasteiger partial charge is 0.507 e. The van der Waals surface area contributed by atoms with E-state index in [1.165, 1.54) is 0 Å². The number of hydrogen-bond acceptors (Lipinski definition) is 6. The highest BCUT2D eigenvalue weighted by molar-refractivity contribution is 6.46. The molecule has 0 radical (unpaired) electrons. The Morgan fingerprint density at radius 3 is 2.36 bits per heavy atom. The topological polar surface area (TPSA) is 79.3 Å². The SMILES string of the molecule is Cc1cc(C(O)=C2C(=O)C(=O)N(CCCN(C)C)[C@H]2c2cccc(Oc3ccccc3)c2)ccc1OC(C)C. The van der Waals surface area contributed by atoms with Crippen LogP contribution in [0.15, 0.2) is 78.4 Å². The molecule has 204 valence electrons. The van der Waals surface area contributed by atoms with Gasteiger partial charge < -0.3 is 24.4 Å². The third kappa shape index (κ3) is 6.49. The number of ether oxygens (including phenoxy) is 2. The summed E-state index contributed by atoms with van der Waals surface area (Å²) in [6, 6.07) is 21.2. The van der Waals surface area contributed by atoms with E-state index in [2.05, 4.69) is 0 Å². The van der Waals surface area contributed by atoms with Gasteiger partial charge in [-0.1, -0.05) is 30.3 Å². The van der Waals surface area contributed by atoms with Crippen LogP contribution in [0.3, 0.4) is 0 Å². The van der Waals surface area contributed by atoms with Crippen molar-refractivity contribution < 1.29 is 24.2 Å². The molecule has 1 atom stereocenters. The third-order valence-electron chi connectivity index (χ3n) is 6.51. The van der Waals surface area contributed by atoms with Crippen molar-refractivity contribution in [3.8, 4) is 17.2 Å². The Labute approximate surface area is 230 Å². The fourth-order valence-electron chi connectivity index (χ4n) is 4.73. The molecule has 7 nitrogen and oxygen atoms in total. The lowest BCUT2D eigenvalue weighted by Crippen LogP contribution is -2.32. The minimum atomic E-state index is -0.751.